The number of aromatic nitrogens is 3. The van der Waals surface area contributed by atoms with Gasteiger partial charge < -0.3 is 9.88 Å². The molecule has 1 aliphatic rings. The zero-order valence-electron chi connectivity index (χ0n) is 11.9. The molecule has 0 spiro atoms. The minimum atomic E-state index is -0.191. The van der Waals surface area contributed by atoms with Gasteiger partial charge in [-0.2, -0.15) is 0 Å². The molecule has 3 rings (SSSR count). The Morgan fingerprint density at radius 1 is 1.40 bits per heavy atom. The molecule has 0 bridgehead atoms. The normalized spacial score (nSPS) is 15.3. The van der Waals surface area contributed by atoms with Crippen molar-refractivity contribution in [3.05, 3.63) is 46.8 Å². The lowest BCUT2D eigenvalue weighted by Crippen LogP contribution is -2.22. The summed E-state index contributed by atoms with van der Waals surface area (Å²) >= 11 is 0. The first-order valence-corrected chi connectivity index (χ1v) is 7.05. The maximum Gasteiger partial charge on any atom is 0.149 e. The summed E-state index contributed by atoms with van der Waals surface area (Å²) in [4.78, 5) is 0. The van der Waals surface area contributed by atoms with Crippen LogP contribution in [0.1, 0.15) is 42.2 Å². The van der Waals surface area contributed by atoms with Crippen LogP contribution in [-0.2, 0) is 19.5 Å². The fourth-order valence-corrected chi connectivity index (χ4v) is 2.68. The number of nitrogens with one attached hydrogen (secondary N) is 1. The highest BCUT2D eigenvalue weighted by molar-refractivity contribution is 5.26. The zero-order chi connectivity index (χ0) is 14.1. The van der Waals surface area contributed by atoms with Gasteiger partial charge in [-0.05, 0) is 43.5 Å². The van der Waals surface area contributed by atoms with Crippen molar-refractivity contribution in [2.45, 2.75) is 45.8 Å². The van der Waals surface area contributed by atoms with Crippen LogP contribution in [0.2, 0.25) is 0 Å². The minimum Gasteiger partial charge on any atom is -0.314 e. The van der Waals surface area contributed by atoms with Crippen LogP contribution < -0.4 is 5.32 Å². The lowest BCUT2D eigenvalue weighted by atomic mass is 10.1. The molecular formula is C15H19FN4. The standard InChI is InChI=1S/C15H19FN4/c1-10-5-6-13(16)8-12(10)9-17-11(2)15-19-18-14-4-3-7-20(14)15/h5-6,8,11,17H,3-4,7,9H2,1-2H3. The molecular weight excluding hydrogens is 255 g/mol. The lowest BCUT2D eigenvalue weighted by Gasteiger charge is -2.15. The van der Waals surface area contributed by atoms with Gasteiger partial charge >= 0.3 is 0 Å². The van der Waals surface area contributed by atoms with Crippen LogP contribution in [0.25, 0.3) is 0 Å². The molecule has 0 amide bonds. The SMILES string of the molecule is Cc1ccc(F)cc1CNC(C)c1nnc2n1CCC2. The van der Waals surface area contributed by atoms with Crippen molar-refractivity contribution >= 4 is 0 Å². The molecule has 1 atom stereocenters. The van der Waals surface area contributed by atoms with E-state index in [1.807, 2.05) is 13.0 Å². The van der Waals surface area contributed by atoms with E-state index < -0.39 is 0 Å². The van der Waals surface area contributed by atoms with E-state index in [-0.39, 0.29) is 11.9 Å². The second-order valence-electron chi connectivity index (χ2n) is 5.40. The minimum absolute atomic E-state index is 0.108. The van der Waals surface area contributed by atoms with Gasteiger partial charge in [0.25, 0.3) is 0 Å². The third kappa shape index (κ3) is 2.45. The second kappa shape index (κ2) is 5.32. The van der Waals surface area contributed by atoms with Crippen LogP contribution in [0.4, 0.5) is 4.39 Å². The first-order valence-electron chi connectivity index (χ1n) is 7.05. The molecule has 20 heavy (non-hydrogen) atoms. The maximum atomic E-state index is 13.3. The van der Waals surface area contributed by atoms with Crippen LogP contribution >= 0.6 is 0 Å². The number of rotatable bonds is 4. The Morgan fingerprint density at radius 2 is 2.25 bits per heavy atom. The summed E-state index contributed by atoms with van der Waals surface area (Å²) in [6.07, 6.45) is 2.16. The number of hydrogen-bond donors (Lipinski definition) is 1. The smallest absolute Gasteiger partial charge is 0.149 e. The first kappa shape index (κ1) is 13.2. The van der Waals surface area contributed by atoms with Gasteiger partial charge in [-0.1, -0.05) is 6.07 Å². The summed E-state index contributed by atoms with van der Waals surface area (Å²) in [6.45, 7) is 5.70. The van der Waals surface area contributed by atoms with Gasteiger partial charge in [0.1, 0.15) is 17.5 Å². The van der Waals surface area contributed by atoms with Crippen molar-refractivity contribution in [1.29, 1.82) is 0 Å². The van der Waals surface area contributed by atoms with Crippen molar-refractivity contribution in [3.8, 4) is 0 Å². The Balaban J connectivity index is 1.70. The van der Waals surface area contributed by atoms with Gasteiger partial charge in [0.15, 0.2) is 0 Å². The highest BCUT2D eigenvalue weighted by atomic mass is 19.1. The lowest BCUT2D eigenvalue weighted by molar-refractivity contribution is 0.513. The van der Waals surface area contributed by atoms with Gasteiger partial charge in [0.2, 0.25) is 0 Å². The fourth-order valence-electron chi connectivity index (χ4n) is 2.68. The quantitative estimate of drug-likeness (QED) is 0.931. The predicted octanol–water partition coefficient (Wildman–Crippen LogP) is 2.52. The molecule has 0 radical (unpaired) electrons. The average molecular weight is 274 g/mol. The number of fused-ring (bicyclic) bond motifs is 1. The first-order chi connectivity index (χ1) is 9.65. The Bertz CT molecular complexity index is 620. The number of halogens is 1. The molecule has 5 heteroatoms. The Kier molecular flexibility index (Phi) is 3.53. The van der Waals surface area contributed by atoms with E-state index in [1.165, 1.54) is 6.07 Å². The van der Waals surface area contributed by atoms with Crippen LogP contribution in [0.3, 0.4) is 0 Å². The Hall–Kier alpha value is -1.75. The van der Waals surface area contributed by atoms with Crippen molar-refractivity contribution in [3.63, 3.8) is 0 Å². The molecule has 1 N–H and O–H groups in total. The molecule has 2 aromatic rings. The van der Waals surface area contributed by atoms with E-state index in [4.69, 9.17) is 0 Å². The third-order valence-corrected chi connectivity index (χ3v) is 3.94. The maximum absolute atomic E-state index is 13.3. The highest BCUT2D eigenvalue weighted by Gasteiger charge is 2.20. The summed E-state index contributed by atoms with van der Waals surface area (Å²) in [5.41, 5.74) is 2.08. The van der Waals surface area contributed by atoms with E-state index in [0.717, 1.165) is 42.2 Å². The molecule has 2 heterocycles. The number of benzene rings is 1. The van der Waals surface area contributed by atoms with Crippen molar-refractivity contribution in [2.24, 2.45) is 0 Å². The molecule has 1 aromatic carbocycles. The summed E-state index contributed by atoms with van der Waals surface area (Å²) in [5, 5.41) is 11.9. The molecule has 0 saturated carbocycles. The largest absolute Gasteiger partial charge is 0.314 e. The zero-order valence-corrected chi connectivity index (χ0v) is 11.9. The Morgan fingerprint density at radius 3 is 3.10 bits per heavy atom. The van der Waals surface area contributed by atoms with Crippen molar-refractivity contribution in [1.82, 2.24) is 20.1 Å². The van der Waals surface area contributed by atoms with E-state index >= 15 is 0 Å². The Labute approximate surface area is 118 Å². The van der Waals surface area contributed by atoms with E-state index in [0.29, 0.717) is 6.54 Å². The van der Waals surface area contributed by atoms with Gasteiger partial charge in [0.05, 0.1) is 6.04 Å². The van der Waals surface area contributed by atoms with Gasteiger partial charge in [-0.3, -0.25) is 0 Å². The van der Waals surface area contributed by atoms with Crippen LogP contribution in [0.5, 0.6) is 0 Å². The van der Waals surface area contributed by atoms with Gasteiger partial charge in [-0.15, -0.1) is 10.2 Å². The molecule has 0 aliphatic carbocycles. The molecule has 1 unspecified atom stereocenters. The highest BCUT2D eigenvalue weighted by Crippen LogP contribution is 2.19. The van der Waals surface area contributed by atoms with Crippen LogP contribution in [-0.4, -0.2) is 14.8 Å². The van der Waals surface area contributed by atoms with Gasteiger partial charge in [-0.25, -0.2) is 4.39 Å². The topological polar surface area (TPSA) is 42.7 Å². The fraction of sp³-hybridized carbons (Fsp3) is 0.467. The third-order valence-electron chi connectivity index (χ3n) is 3.94. The van der Waals surface area contributed by atoms with E-state index in [2.05, 4.69) is 27.0 Å². The average Bonchev–Trinajstić information content (AvgIpc) is 3.02. The number of hydrogen-bond acceptors (Lipinski definition) is 3. The second-order valence-corrected chi connectivity index (χ2v) is 5.40. The number of aryl methyl sites for hydroxylation is 2. The van der Waals surface area contributed by atoms with E-state index in [1.54, 1.807) is 6.07 Å². The summed E-state index contributed by atoms with van der Waals surface area (Å²) in [6, 6.07) is 5.00. The number of nitrogens with zero attached hydrogens (tertiary/aromatic N) is 3. The predicted molar refractivity (Wildman–Crippen MR) is 74.7 cm³/mol. The van der Waals surface area contributed by atoms with Crippen LogP contribution in [0.15, 0.2) is 18.2 Å². The summed E-state index contributed by atoms with van der Waals surface area (Å²) < 4.78 is 15.5. The molecule has 1 aromatic heterocycles. The van der Waals surface area contributed by atoms with Crippen molar-refractivity contribution < 1.29 is 4.39 Å². The molecule has 106 valence electrons. The van der Waals surface area contributed by atoms with Gasteiger partial charge in [0, 0.05) is 19.5 Å². The van der Waals surface area contributed by atoms with E-state index in [9.17, 15) is 4.39 Å². The van der Waals surface area contributed by atoms with Crippen LogP contribution in [0, 0.1) is 12.7 Å². The monoisotopic (exact) mass is 274 g/mol. The molecule has 0 saturated heterocycles. The molecule has 1 aliphatic heterocycles. The molecule has 4 nitrogen and oxygen atoms in total. The molecule has 0 fully saturated rings. The van der Waals surface area contributed by atoms with Crippen molar-refractivity contribution in [2.75, 3.05) is 0 Å². The summed E-state index contributed by atoms with van der Waals surface area (Å²) in [7, 11) is 0. The summed E-state index contributed by atoms with van der Waals surface area (Å²) in [5.74, 6) is 1.87.